The lowest BCUT2D eigenvalue weighted by Gasteiger charge is -2.32. The van der Waals surface area contributed by atoms with Gasteiger partial charge in [0.1, 0.15) is 18.4 Å². The maximum Gasteiger partial charge on any atom is 0.244 e. The molecule has 2 rings (SSSR count). The fourth-order valence-corrected chi connectivity index (χ4v) is 4.33. The number of halogens is 2. The SMILES string of the molecule is Cc1c(Cl)cccc1N(CC(=O)N(Cc1ccccc1F)C(C)C(=O)NC(C)C)S(C)(=O)=O. The molecule has 0 aliphatic heterocycles. The van der Waals surface area contributed by atoms with E-state index < -0.39 is 40.2 Å². The van der Waals surface area contributed by atoms with Crippen LogP contribution in [0.3, 0.4) is 0 Å². The van der Waals surface area contributed by atoms with E-state index in [1.807, 2.05) is 0 Å². The lowest BCUT2D eigenvalue weighted by atomic mass is 10.1. The molecule has 0 spiro atoms. The van der Waals surface area contributed by atoms with E-state index in [2.05, 4.69) is 5.32 Å². The van der Waals surface area contributed by atoms with Gasteiger partial charge < -0.3 is 10.2 Å². The number of anilines is 1. The fourth-order valence-electron chi connectivity index (χ4n) is 3.26. The number of hydrogen-bond acceptors (Lipinski definition) is 4. The van der Waals surface area contributed by atoms with E-state index in [-0.39, 0.29) is 23.8 Å². The van der Waals surface area contributed by atoms with Crippen molar-refractivity contribution in [3.05, 3.63) is 64.4 Å². The quantitative estimate of drug-likeness (QED) is 0.574. The van der Waals surface area contributed by atoms with Gasteiger partial charge >= 0.3 is 0 Å². The summed E-state index contributed by atoms with van der Waals surface area (Å²) in [6.45, 7) is 5.95. The van der Waals surface area contributed by atoms with Crippen LogP contribution in [-0.2, 0) is 26.2 Å². The highest BCUT2D eigenvalue weighted by Gasteiger charge is 2.31. The van der Waals surface area contributed by atoms with Gasteiger partial charge in [0.25, 0.3) is 0 Å². The monoisotopic (exact) mass is 497 g/mol. The second-order valence-corrected chi connectivity index (χ2v) is 10.4. The molecule has 2 aromatic rings. The number of rotatable bonds is 9. The second-order valence-electron chi connectivity index (χ2n) is 8.11. The summed E-state index contributed by atoms with van der Waals surface area (Å²) in [5.74, 6) is -1.62. The fraction of sp³-hybridized carbons (Fsp3) is 0.391. The molecule has 0 aromatic heterocycles. The minimum Gasteiger partial charge on any atom is -0.352 e. The standard InChI is InChI=1S/C23H29ClFN3O4S/c1-15(2)26-23(30)17(4)27(13-18-9-6-7-11-20(18)25)22(29)14-28(33(5,31)32)21-12-8-10-19(24)16(21)3/h6-12,15,17H,13-14H2,1-5H3,(H,26,30). The predicted octanol–water partition coefficient (Wildman–Crippen LogP) is 3.50. The second kappa shape index (κ2) is 11.0. The number of sulfonamides is 1. The Morgan fingerprint density at radius 1 is 1.09 bits per heavy atom. The minimum atomic E-state index is -3.88. The molecule has 10 heteroatoms. The molecular formula is C23H29ClFN3O4S. The first-order chi connectivity index (χ1) is 15.3. The van der Waals surface area contributed by atoms with Gasteiger partial charge in [-0.05, 0) is 51.5 Å². The molecule has 1 atom stereocenters. The Labute approximate surface area is 199 Å². The van der Waals surface area contributed by atoms with Crippen LogP contribution in [0.5, 0.6) is 0 Å². The van der Waals surface area contributed by atoms with Crippen molar-refractivity contribution in [2.75, 3.05) is 17.1 Å². The van der Waals surface area contributed by atoms with E-state index >= 15 is 0 Å². The Morgan fingerprint density at radius 3 is 2.30 bits per heavy atom. The molecule has 33 heavy (non-hydrogen) atoms. The number of carbonyl (C=O) groups excluding carboxylic acids is 2. The third-order valence-electron chi connectivity index (χ3n) is 5.08. The van der Waals surface area contributed by atoms with Crippen LogP contribution >= 0.6 is 11.6 Å². The van der Waals surface area contributed by atoms with Crippen molar-refractivity contribution in [1.29, 1.82) is 0 Å². The van der Waals surface area contributed by atoms with Crippen LogP contribution in [0.2, 0.25) is 5.02 Å². The third-order valence-corrected chi connectivity index (χ3v) is 6.62. The highest BCUT2D eigenvalue weighted by Crippen LogP contribution is 2.28. The van der Waals surface area contributed by atoms with Gasteiger partial charge in [0.15, 0.2) is 0 Å². The van der Waals surface area contributed by atoms with Crippen molar-refractivity contribution in [3.63, 3.8) is 0 Å². The molecule has 0 aliphatic rings. The molecule has 0 saturated carbocycles. The normalized spacial score (nSPS) is 12.4. The minimum absolute atomic E-state index is 0.174. The van der Waals surface area contributed by atoms with Crippen LogP contribution in [-0.4, -0.2) is 50.0 Å². The van der Waals surface area contributed by atoms with Gasteiger partial charge in [-0.2, -0.15) is 0 Å². The van der Waals surface area contributed by atoms with Crippen molar-refractivity contribution in [1.82, 2.24) is 10.2 Å². The summed E-state index contributed by atoms with van der Waals surface area (Å²) in [5.41, 5.74) is 0.951. The molecule has 0 saturated heterocycles. The van der Waals surface area contributed by atoms with Crippen molar-refractivity contribution < 1.29 is 22.4 Å². The Morgan fingerprint density at radius 2 is 1.73 bits per heavy atom. The highest BCUT2D eigenvalue weighted by molar-refractivity contribution is 7.92. The summed E-state index contributed by atoms with van der Waals surface area (Å²) in [4.78, 5) is 27.3. The maximum atomic E-state index is 14.3. The molecule has 1 unspecified atom stereocenters. The van der Waals surface area contributed by atoms with Crippen molar-refractivity contribution in [2.45, 2.75) is 46.3 Å². The first-order valence-corrected chi connectivity index (χ1v) is 12.6. The van der Waals surface area contributed by atoms with Crippen LogP contribution in [0.4, 0.5) is 10.1 Å². The molecule has 2 aromatic carbocycles. The number of nitrogens with one attached hydrogen (secondary N) is 1. The smallest absolute Gasteiger partial charge is 0.244 e. The topological polar surface area (TPSA) is 86.8 Å². The molecule has 2 amide bonds. The van der Waals surface area contributed by atoms with E-state index in [0.29, 0.717) is 10.6 Å². The van der Waals surface area contributed by atoms with Gasteiger partial charge in [-0.3, -0.25) is 13.9 Å². The molecule has 180 valence electrons. The number of hydrogen-bond donors (Lipinski definition) is 1. The third kappa shape index (κ3) is 6.91. The van der Waals surface area contributed by atoms with E-state index in [0.717, 1.165) is 10.6 Å². The van der Waals surface area contributed by atoms with Gasteiger partial charge in [0.05, 0.1) is 11.9 Å². The summed E-state index contributed by atoms with van der Waals surface area (Å²) >= 11 is 6.16. The Kier molecular flexibility index (Phi) is 8.85. The molecule has 0 radical (unpaired) electrons. The van der Waals surface area contributed by atoms with Crippen molar-refractivity contribution >= 4 is 39.1 Å². The summed E-state index contributed by atoms with van der Waals surface area (Å²) in [7, 11) is -3.88. The number of nitrogens with zero attached hydrogens (tertiary/aromatic N) is 2. The first kappa shape index (κ1) is 26.6. The summed E-state index contributed by atoms with van der Waals surface area (Å²) in [6.07, 6.45) is 0.983. The summed E-state index contributed by atoms with van der Waals surface area (Å²) < 4.78 is 40.5. The molecule has 0 bridgehead atoms. The first-order valence-electron chi connectivity index (χ1n) is 10.4. The average molecular weight is 498 g/mol. The maximum absolute atomic E-state index is 14.3. The van der Waals surface area contributed by atoms with Crippen LogP contribution < -0.4 is 9.62 Å². The number of benzene rings is 2. The van der Waals surface area contributed by atoms with Crippen LogP contribution in [0.25, 0.3) is 0 Å². The van der Waals surface area contributed by atoms with Crippen LogP contribution in [0.1, 0.15) is 31.9 Å². The zero-order valence-electron chi connectivity index (χ0n) is 19.3. The van der Waals surface area contributed by atoms with Crippen LogP contribution in [0, 0.1) is 12.7 Å². The molecule has 0 heterocycles. The van der Waals surface area contributed by atoms with Crippen molar-refractivity contribution in [3.8, 4) is 0 Å². The van der Waals surface area contributed by atoms with Gasteiger partial charge in [-0.25, -0.2) is 12.8 Å². The summed E-state index contributed by atoms with van der Waals surface area (Å²) in [6, 6.07) is 9.52. The van der Waals surface area contributed by atoms with Crippen molar-refractivity contribution in [2.24, 2.45) is 0 Å². The molecule has 1 N–H and O–H groups in total. The Hall–Kier alpha value is -2.65. The van der Waals surface area contributed by atoms with Gasteiger partial charge in [0.2, 0.25) is 21.8 Å². The Bertz CT molecular complexity index is 1120. The lowest BCUT2D eigenvalue weighted by Crippen LogP contribution is -2.52. The van der Waals surface area contributed by atoms with E-state index in [1.165, 1.54) is 30.0 Å². The van der Waals surface area contributed by atoms with Gasteiger partial charge in [0, 0.05) is 23.2 Å². The molecule has 0 fully saturated rings. The van der Waals surface area contributed by atoms with E-state index in [9.17, 15) is 22.4 Å². The van der Waals surface area contributed by atoms with Crippen LogP contribution in [0.15, 0.2) is 42.5 Å². The van der Waals surface area contributed by atoms with Gasteiger partial charge in [-0.15, -0.1) is 0 Å². The zero-order chi connectivity index (χ0) is 24.9. The highest BCUT2D eigenvalue weighted by atomic mass is 35.5. The van der Waals surface area contributed by atoms with Gasteiger partial charge in [-0.1, -0.05) is 35.9 Å². The number of amides is 2. The largest absolute Gasteiger partial charge is 0.352 e. The number of carbonyl (C=O) groups is 2. The zero-order valence-corrected chi connectivity index (χ0v) is 20.9. The average Bonchev–Trinajstić information content (AvgIpc) is 2.71. The molecule has 0 aliphatic carbocycles. The lowest BCUT2D eigenvalue weighted by molar-refractivity contribution is -0.139. The molecule has 7 nitrogen and oxygen atoms in total. The molecular weight excluding hydrogens is 469 g/mol. The van der Waals surface area contributed by atoms with E-state index in [4.69, 9.17) is 11.6 Å². The van der Waals surface area contributed by atoms with E-state index in [1.54, 1.807) is 45.0 Å². The Balaban J connectivity index is 2.45. The predicted molar refractivity (Wildman–Crippen MR) is 128 cm³/mol. The summed E-state index contributed by atoms with van der Waals surface area (Å²) in [5, 5.41) is 3.08.